The minimum Gasteiger partial charge on any atom is -0.109 e. The van der Waals surface area contributed by atoms with Crippen LogP contribution in [0.2, 0.25) is 5.02 Å². The van der Waals surface area contributed by atoms with Gasteiger partial charge in [0.15, 0.2) is 4.30 Å². The van der Waals surface area contributed by atoms with Gasteiger partial charge in [0.1, 0.15) is 0 Å². The van der Waals surface area contributed by atoms with Crippen LogP contribution < -0.4 is 0 Å². The Kier molecular flexibility index (Phi) is 24.9. The molecule has 0 aliphatic heterocycles. The van der Waals surface area contributed by atoms with Gasteiger partial charge in [0.25, 0.3) is 3.25 Å². The second kappa shape index (κ2) is 18.2. The van der Waals surface area contributed by atoms with Gasteiger partial charge in [0, 0.05) is 5.02 Å². The summed E-state index contributed by atoms with van der Waals surface area (Å²) in [5.41, 5.74) is 0. The van der Waals surface area contributed by atoms with Crippen molar-refractivity contribution in [3.05, 3.63) is 35.4 Å². The molecular formula is C9H8Cl10. The molecule has 1 aromatic rings. The Morgan fingerprint density at radius 2 is 1.05 bits per heavy atom. The van der Waals surface area contributed by atoms with E-state index in [2.05, 4.69) is 0 Å². The van der Waals surface area contributed by atoms with Crippen molar-refractivity contribution in [1.82, 2.24) is 0 Å². The molecule has 0 N–H and O–H groups in total. The third-order valence-corrected chi connectivity index (χ3v) is 0.985. The van der Waals surface area contributed by atoms with Crippen molar-refractivity contribution in [3.63, 3.8) is 0 Å². The number of rotatable bonds is 0. The van der Waals surface area contributed by atoms with Gasteiger partial charge in [-0.05, 0) is 12.1 Å². The average Bonchev–Trinajstić information content (AvgIpc) is 2.16. The predicted octanol–water partition coefficient (Wildman–Crippen LogP) is 8.30. The van der Waals surface area contributed by atoms with Crippen LogP contribution in [0.5, 0.6) is 0 Å². The first-order chi connectivity index (χ1) is 8.54. The molecule has 0 aliphatic rings. The summed E-state index contributed by atoms with van der Waals surface area (Å²) in [5, 5.41) is 0.988. The molecule has 0 spiro atoms. The van der Waals surface area contributed by atoms with E-state index in [9.17, 15) is 0 Å². The topological polar surface area (TPSA) is 0 Å². The quantitative estimate of drug-likeness (QED) is 0.335. The second-order valence-electron chi connectivity index (χ2n) is 2.07. The van der Waals surface area contributed by atoms with E-state index < -0.39 is 7.55 Å². The molecule has 0 nitrogen and oxygen atoms in total. The SMILES string of the molecule is ClC(Cl)(Cl)Cl.ClC(Cl)Cl.ClCCl.Clc1ccccc1. The monoisotopic (exact) mass is 466 g/mol. The Morgan fingerprint density at radius 3 is 1.16 bits per heavy atom. The standard InChI is InChI=1S/C6H5Cl.CCl4.CHCl3.CH2Cl2/c7-6-4-2-1-3-5-6;2-1(3,4)5;2-1(3)4;2-1-3/h1-5H;;1H;1H2. The summed E-state index contributed by atoms with van der Waals surface area (Å²) in [6.07, 6.45) is 0. The number of hydrogen-bond donors (Lipinski definition) is 0. The van der Waals surface area contributed by atoms with Crippen LogP contribution in [0.4, 0.5) is 0 Å². The van der Waals surface area contributed by atoms with E-state index in [1.54, 1.807) is 0 Å². The van der Waals surface area contributed by atoms with Crippen LogP contribution in [0.15, 0.2) is 30.3 Å². The lowest BCUT2D eigenvalue weighted by Gasteiger charge is -1.91. The van der Waals surface area contributed by atoms with E-state index in [0.717, 1.165) is 5.02 Å². The van der Waals surface area contributed by atoms with Gasteiger partial charge in [-0.1, -0.05) is 111 Å². The molecule has 0 aromatic heterocycles. The fourth-order valence-corrected chi connectivity index (χ4v) is 0.560. The number of halogens is 10. The second-order valence-corrected chi connectivity index (χ2v) is 8.73. The Hall–Kier alpha value is 2.12. The Bertz CT molecular complexity index is 249. The van der Waals surface area contributed by atoms with Crippen LogP contribution in [-0.2, 0) is 0 Å². The zero-order valence-electron chi connectivity index (χ0n) is 8.95. The van der Waals surface area contributed by atoms with E-state index in [1.807, 2.05) is 30.3 Å². The third-order valence-electron chi connectivity index (χ3n) is 0.733. The molecular weight excluding hydrogens is 463 g/mol. The summed E-state index contributed by atoms with van der Waals surface area (Å²) in [5.74, 6) is 0. The molecule has 19 heavy (non-hydrogen) atoms. The predicted molar refractivity (Wildman–Crippen MR) is 95.5 cm³/mol. The molecule has 0 bridgehead atoms. The van der Waals surface area contributed by atoms with Crippen LogP contribution >= 0.6 is 116 Å². The number of alkyl halides is 9. The number of benzene rings is 1. The first-order valence-electron chi connectivity index (χ1n) is 4.04. The lowest BCUT2D eigenvalue weighted by atomic mass is 10.4. The zero-order valence-corrected chi connectivity index (χ0v) is 16.5. The Labute approximate surface area is 163 Å². The van der Waals surface area contributed by atoms with E-state index in [-0.39, 0.29) is 5.34 Å². The number of hydrogen-bond acceptors (Lipinski definition) is 0. The molecule has 0 fully saturated rings. The molecule has 0 aliphatic carbocycles. The third kappa shape index (κ3) is 64.5. The van der Waals surface area contributed by atoms with Crippen molar-refractivity contribution >= 4 is 116 Å². The van der Waals surface area contributed by atoms with Gasteiger partial charge in [0.2, 0.25) is 0 Å². The lowest BCUT2D eigenvalue weighted by molar-refractivity contribution is 1.71. The van der Waals surface area contributed by atoms with Crippen LogP contribution in [0.25, 0.3) is 0 Å². The van der Waals surface area contributed by atoms with Crippen molar-refractivity contribution in [2.24, 2.45) is 0 Å². The molecule has 10 heteroatoms. The molecule has 0 atom stereocenters. The molecule has 0 unspecified atom stereocenters. The van der Waals surface area contributed by atoms with Crippen LogP contribution in [0.3, 0.4) is 0 Å². The zero-order chi connectivity index (χ0) is 15.9. The summed E-state index contributed by atoms with van der Waals surface area (Å²) in [4.78, 5) is 0. The summed E-state index contributed by atoms with van der Waals surface area (Å²) in [7, 11) is 0. The fourth-order valence-electron chi connectivity index (χ4n) is 0.415. The Balaban J connectivity index is -0.000000191. The highest BCUT2D eigenvalue weighted by Crippen LogP contribution is 2.29. The van der Waals surface area contributed by atoms with Crippen molar-refractivity contribution in [2.45, 2.75) is 7.55 Å². The molecule has 0 heterocycles. The van der Waals surface area contributed by atoms with Gasteiger partial charge < -0.3 is 0 Å². The van der Waals surface area contributed by atoms with Gasteiger partial charge in [-0.3, -0.25) is 0 Å². The van der Waals surface area contributed by atoms with E-state index in [4.69, 9.17) is 116 Å². The van der Waals surface area contributed by atoms with E-state index in [0.29, 0.717) is 0 Å². The van der Waals surface area contributed by atoms with Gasteiger partial charge >= 0.3 is 0 Å². The molecule has 114 valence electrons. The van der Waals surface area contributed by atoms with Crippen LogP contribution in [0.1, 0.15) is 0 Å². The smallest absolute Gasteiger partial charge is 0.109 e. The highest BCUT2D eigenvalue weighted by molar-refractivity contribution is 6.83. The minimum absolute atomic E-state index is 0.194. The Morgan fingerprint density at radius 1 is 0.842 bits per heavy atom. The van der Waals surface area contributed by atoms with Crippen molar-refractivity contribution < 1.29 is 0 Å². The van der Waals surface area contributed by atoms with Crippen molar-refractivity contribution in [2.75, 3.05) is 5.34 Å². The van der Waals surface area contributed by atoms with E-state index in [1.165, 1.54) is 0 Å². The normalized spacial score (nSPS) is 9.21. The summed E-state index contributed by atoms with van der Waals surface area (Å²) in [6.45, 7) is 0. The van der Waals surface area contributed by atoms with Crippen LogP contribution in [-0.4, -0.2) is 12.9 Å². The molecule has 1 aromatic carbocycles. The molecule has 1 rings (SSSR count). The van der Waals surface area contributed by atoms with Crippen molar-refractivity contribution in [3.8, 4) is 0 Å². The van der Waals surface area contributed by atoms with Gasteiger partial charge in [-0.2, -0.15) is 0 Å². The molecule has 0 radical (unpaired) electrons. The lowest BCUT2D eigenvalue weighted by Crippen LogP contribution is -1.81. The largest absolute Gasteiger partial charge is 0.266 e. The summed E-state index contributed by atoms with van der Waals surface area (Å²) >= 11 is 48.8. The van der Waals surface area contributed by atoms with Crippen molar-refractivity contribution in [1.29, 1.82) is 0 Å². The maximum Gasteiger partial charge on any atom is 0.266 e. The highest BCUT2D eigenvalue weighted by Gasteiger charge is 2.11. The maximum absolute atomic E-state index is 5.54. The molecule has 0 saturated heterocycles. The van der Waals surface area contributed by atoms with E-state index >= 15 is 0 Å². The average molecular weight is 471 g/mol. The first kappa shape index (κ1) is 26.0. The minimum atomic E-state index is -1.61. The maximum atomic E-state index is 5.54. The van der Waals surface area contributed by atoms with Crippen LogP contribution in [0, 0.1) is 0 Å². The summed E-state index contributed by atoms with van der Waals surface area (Å²) in [6, 6.07) is 9.44. The summed E-state index contributed by atoms with van der Waals surface area (Å²) < 4.78 is -2.36. The van der Waals surface area contributed by atoms with Gasteiger partial charge in [-0.25, -0.2) is 0 Å². The molecule has 0 saturated carbocycles. The van der Waals surface area contributed by atoms with Gasteiger partial charge in [-0.15, -0.1) is 23.2 Å². The fraction of sp³-hybridized carbons (Fsp3) is 0.333. The van der Waals surface area contributed by atoms with Gasteiger partial charge in [0.05, 0.1) is 5.34 Å². The first-order valence-corrected chi connectivity index (χ1v) is 8.31. The highest BCUT2D eigenvalue weighted by atomic mass is 35.6. The molecule has 0 amide bonds.